The Hall–Kier alpha value is -13.6. The molecule has 662 valence electrons. The van der Waals surface area contributed by atoms with Crippen LogP contribution >= 0.6 is 11.8 Å². The lowest BCUT2D eigenvalue weighted by Crippen LogP contribution is -2.61. The number of aromatic hydroxyl groups is 3. The van der Waals surface area contributed by atoms with Crippen LogP contribution in [0.25, 0.3) is 10.9 Å². The lowest BCUT2D eigenvalue weighted by molar-refractivity contribution is -0.143. The van der Waals surface area contributed by atoms with E-state index in [9.17, 15) is 48.9 Å². The first kappa shape index (κ1) is 95.2. The highest BCUT2D eigenvalue weighted by Crippen LogP contribution is 2.24. The number of nitrogens with zero attached hydrogens (tertiary/aromatic N) is 1. The minimum Gasteiger partial charge on any atom is -0.508 e. The molecular formula is C92H111N15O17S. The van der Waals surface area contributed by atoms with E-state index in [2.05, 4.69) is 68.8 Å². The largest absolute Gasteiger partial charge is 0.508 e. The number of phenolic OH excluding ortho intramolecular Hbond substituents is 3. The highest BCUT2D eigenvalue weighted by atomic mass is 32.2. The van der Waals surface area contributed by atoms with E-state index in [0.717, 1.165) is 16.7 Å². The third-order valence-electron chi connectivity index (χ3n) is 20.9. The Morgan fingerprint density at radius 2 is 0.792 bits per heavy atom. The van der Waals surface area contributed by atoms with E-state index in [-0.39, 0.29) is 92.6 Å². The van der Waals surface area contributed by atoms with Gasteiger partial charge in [0.2, 0.25) is 82.7 Å². The smallest absolute Gasteiger partial charge is 0.245 e. The predicted molar refractivity (Wildman–Crippen MR) is 470 cm³/mol. The number of carbonyl (C=O) groups is 14. The summed E-state index contributed by atoms with van der Waals surface area (Å²) in [6.07, 6.45) is 0.0561. The molecule has 1 saturated heterocycles. The van der Waals surface area contributed by atoms with Crippen LogP contribution in [0.1, 0.15) is 93.3 Å². The second-order valence-electron chi connectivity index (χ2n) is 32.3. The molecule has 7 aromatic carbocycles. The van der Waals surface area contributed by atoms with Crippen LogP contribution in [0.2, 0.25) is 0 Å². The van der Waals surface area contributed by atoms with Crippen molar-refractivity contribution in [3.8, 4) is 17.2 Å². The molecule has 0 bridgehead atoms. The highest BCUT2D eigenvalue weighted by molar-refractivity contribution is 8.00. The predicted octanol–water partition coefficient (Wildman–Crippen LogP) is 3.17. The van der Waals surface area contributed by atoms with Gasteiger partial charge < -0.3 is 94.7 Å². The minimum absolute atomic E-state index is 0.0287. The number of benzene rings is 7. The SMILES string of the molecule is CC(C)C[C@@H]1NC(=O)[C@H](Cc2ccc(O)cc2)NC(=O)[C@H](Cc2ccccc2)NC(=O)CSC[C@@H](C(=O)NCC(N)=O)NC(=O)[C@H](CC(C)C)NC(=O)[C@H](Cc2ccccc2)N(C)C(=O)[C@H](Cc2ccc(O)cc2)NC(=O)[C@H](Cc2c[nH]c3ccccc23)NC(=O)CNC(=O)[C@H](Cc2ccccc2)NC(=O)[C@H](Cc2ccc(O)cc2)NC(=O)[C@H](C(C)C)NC1=O. The van der Waals surface area contributed by atoms with Crippen molar-refractivity contribution in [1.29, 1.82) is 0 Å². The van der Waals surface area contributed by atoms with Crippen LogP contribution in [0.4, 0.5) is 0 Å². The molecule has 0 unspecified atom stereocenters. The van der Waals surface area contributed by atoms with Gasteiger partial charge in [-0.1, -0.05) is 187 Å². The maximum atomic E-state index is 15.7. The van der Waals surface area contributed by atoms with Crippen molar-refractivity contribution in [2.24, 2.45) is 23.5 Å². The quantitative estimate of drug-likeness (QED) is 0.0463. The monoisotopic (exact) mass is 1730 g/mol. The van der Waals surface area contributed by atoms with Gasteiger partial charge in [-0.05, 0) is 112 Å². The van der Waals surface area contributed by atoms with E-state index in [0.29, 0.717) is 49.8 Å². The fraction of sp³-hybridized carbons (Fsp3) is 0.370. The molecule has 18 N–H and O–H groups in total. The average Bonchev–Trinajstić information content (AvgIpc) is 1.77. The van der Waals surface area contributed by atoms with Gasteiger partial charge in [-0.3, -0.25) is 67.1 Å². The van der Waals surface area contributed by atoms with Gasteiger partial charge in [0.1, 0.15) is 83.7 Å². The summed E-state index contributed by atoms with van der Waals surface area (Å²) < 4.78 is 0. The number of H-pyrrole nitrogens is 1. The third kappa shape index (κ3) is 29.9. The summed E-state index contributed by atoms with van der Waals surface area (Å²) in [6.45, 7) is 8.88. The second-order valence-corrected chi connectivity index (χ2v) is 33.3. The zero-order valence-corrected chi connectivity index (χ0v) is 71.6. The summed E-state index contributed by atoms with van der Waals surface area (Å²) in [6, 6.07) is 33.8. The number of carbonyl (C=O) groups excluding carboxylic acids is 14. The number of hydrogen-bond donors (Lipinski definition) is 17. The van der Waals surface area contributed by atoms with Crippen LogP contribution < -0.4 is 69.5 Å². The Bertz CT molecular complexity index is 5040. The van der Waals surface area contributed by atoms with E-state index < -0.39 is 174 Å². The standard InChI is InChI=1S/C92H111N15O17S/c1-53(2)39-68-84(116)105-76(83(115)95-49-78(93)111)51-125-52-80(113)98-71(42-57-21-13-9-14-22-57)85(117)101-72(43-59-27-33-63(108)34-28-59)86(118)99-69(40-54(3)4)89(121)106-81(55(5)6)91(123)103-73(44-60-29-35-64(109)36-30-60)87(119)100-70(41-56-19-11-8-12-20-56)82(114)96-50-79(112)97-74(47-62-48-94-67-26-18-17-25-66(62)67)88(120)104-75(45-61-31-37-65(110)38-32-61)92(124)107(7)77(90(122)102-68)46-58-23-15-10-16-24-58/h8-38,48,53-55,68-77,81,94,108-110H,39-47,49-52H2,1-7H3,(H2,93,111)(H,95,115)(H,96,114)(H,97,112)(H,98,113)(H,99,118)(H,100,119)(H,101,117)(H,102,122)(H,103,123)(H,104,120)(H,105,116)(H,106,121)/t68-,69-,70-,71-,72-,73-,74-,75-,76-,77-,81-/m0/s1. The molecule has 33 heteroatoms. The number of aromatic amines is 1. The molecule has 14 amide bonds. The molecule has 11 atom stereocenters. The lowest BCUT2D eigenvalue weighted by Gasteiger charge is -2.33. The van der Waals surface area contributed by atoms with Gasteiger partial charge in [-0.15, -0.1) is 11.8 Å². The molecule has 0 spiro atoms. The number of fused-ring (bicyclic) bond motifs is 1. The molecule has 1 aliphatic rings. The van der Waals surface area contributed by atoms with Crippen LogP contribution in [-0.2, 0) is 112 Å². The van der Waals surface area contributed by atoms with E-state index in [1.807, 2.05) is 0 Å². The summed E-state index contributed by atoms with van der Waals surface area (Å²) in [5.74, 6) is -14.9. The molecule has 0 radical (unpaired) electrons. The van der Waals surface area contributed by atoms with Gasteiger partial charge in [-0.2, -0.15) is 0 Å². The molecule has 32 nitrogen and oxygen atoms in total. The maximum Gasteiger partial charge on any atom is 0.245 e. The molecule has 0 saturated carbocycles. The fourth-order valence-corrected chi connectivity index (χ4v) is 15.2. The van der Waals surface area contributed by atoms with Gasteiger partial charge >= 0.3 is 0 Å². The van der Waals surface area contributed by atoms with Gasteiger partial charge in [-0.25, -0.2) is 0 Å². The molecule has 1 aromatic heterocycles. The van der Waals surface area contributed by atoms with Crippen LogP contribution in [-0.4, -0.2) is 206 Å². The van der Waals surface area contributed by atoms with Gasteiger partial charge in [0.15, 0.2) is 0 Å². The summed E-state index contributed by atoms with van der Waals surface area (Å²) in [5, 5.41) is 64.6. The number of amides is 14. The van der Waals surface area contributed by atoms with Gasteiger partial charge in [0, 0.05) is 74.8 Å². The normalized spacial score (nSPS) is 21.7. The lowest BCUT2D eigenvalue weighted by atomic mass is 9.98. The number of hydrogen-bond acceptors (Lipinski definition) is 18. The Kier molecular flexibility index (Phi) is 35.5. The summed E-state index contributed by atoms with van der Waals surface area (Å²) >= 11 is 0.834. The molecule has 9 rings (SSSR count). The Morgan fingerprint density at radius 1 is 0.416 bits per heavy atom. The zero-order chi connectivity index (χ0) is 90.4. The molecule has 0 aliphatic carbocycles. The van der Waals surface area contributed by atoms with Crippen LogP contribution in [0, 0.1) is 17.8 Å². The molecule has 2 heterocycles. The first-order valence-electron chi connectivity index (χ1n) is 41.4. The third-order valence-corrected chi connectivity index (χ3v) is 22.0. The second kappa shape index (κ2) is 46.6. The number of likely N-dealkylation sites (N-methyl/N-ethyl adjacent to an activating group) is 1. The average molecular weight is 1730 g/mol. The van der Waals surface area contributed by atoms with Crippen molar-refractivity contribution in [2.45, 2.75) is 166 Å². The number of aromatic nitrogens is 1. The highest BCUT2D eigenvalue weighted by Gasteiger charge is 2.40. The number of nitrogens with two attached hydrogens (primary N) is 1. The number of rotatable bonds is 22. The number of thioether (sulfide) groups is 1. The van der Waals surface area contributed by atoms with Gasteiger partial charge in [0.25, 0.3) is 0 Å². The van der Waals surface area contributed by atoms with Gasteiger partial charge in [0.05, 0.1) is 18.8 Å². The Labute approximate surface area is 729 Å². The van der Waals surface area contributed by atoms with Crippen molar-refractivity contribution in [1.82, 2.24) is 73.7 Å². The summed E-state index contributed by atoms with van der Waals surface area (Å²) in [7, 11) is 1.33. The molecule has 125 heavy (non-hydrogen) atoms. The number of phenols is 3. The summed E-state index contributed by atoms with van der Waals surface area (Å²) in [4.78, 5) is 212. The number of para-hydroxylation sites is 1. The van der Waals surface area contributed by atoms with Crippen LogP contribution in [0.3, 0.4) is 0 Å². The van der Waals surface area contributed by atoms with Crippen molar-refractivity contribution in [3.05, 3.63) is 233 Å². The molecule has 1 fully saturated rings. The topological polar surface area (TPSA) is 489 Å². The number of nitrogens with one attached hydrogen (secondary N) is 13. The zero-order valence-electron chi connectivity index (χ0n) is 70.7. The summed E-state index contributed by atoms with van der Waals surface area (Å²) in [5.41, 5.74) is 9.64. The molecule has 8 aromatic rings. The van der Waals surface area contributed by atoms with Crippen molar-refractivity contribution < 1.29 is 82.4 Å². The van der Waals surface area contributed by atoms with Crippen molar-refractivity contribution >= 4 is 105 Å². The van der Waals surface area contributed by atoms with Crippen molar-refractivity contribution in [2.75, 3.05) is 31.6 Å². The maximum absolute atomic E-state index is 15.7. The molecular weight excluding hydrogens is 1620 g/mol. The Balaban J connectivity index is 1.12. The minimum atomic E-state index is -1.57. The Morgan fingerprint density at radius 3 is 1.26 bits per heavy atom. The van der Waals surface area contributed by atoms with E-state index >= 15 is 33.6 Å². The van der Waals surface area contributed by atoms with E-state index in [1.165, 1.54) is 79.8 Å². The van der Waals surface area contributed by atoms with Crippen LogP contribution in [0.5, 0.6) is 17.2 Å². The number of primary amides is 1. The molecule has 1 aliphatic heterocycles. The van der Waals surface area contributed by atoms with E-state index in [1.54, 1.807) is 163 Å². The fourth-order valence-electron chi connectivity index (χ4n) is 14.3. The first-order valence-corrected chi connectivity index (χ1v) is 42.6. The van der Waals surface area contributed by atoms with Crippen molar-refractivity contribution in [3.63, 3.8) is 0 Å². The van der Waals surface area contributed by atoms with Crippen LogP contribution in [0.15, 0.2) is 194 Å². The van der Waals surface area contributed by atoms with E-state index in [4.69, 9.17) is 5.73 Å². The first-order chi connectivity index (χ1) is 59.7.